The topological polar surface area (TPSA) is 24.4 Å². The van der Waals surface area contributed by atoms with E-state index < -0.39 is 0 Å². The number of aliphatic imine (C=N–C) groups is 1. The Morgan fingerprint density at radius 3 is 2.15 bits per heavy atom. The summed E-state index contributed by atoms with van der Waals surface area (Å²) in [7, 11) is -0.344. The molecule has 0 atom stereocenters. The second-order valence-corrected chi connectivity index (χ2v) is 10.5. The lowest BCUT2D eigenvalue weighted by Gasteiger charge is -2.28. The second-order valence-electron chi connectivity index (χ2n) is 7.41. The molecular formula is C23H33N2P. The highest BCUT2D eigenvalue weighted by atomic mass is 31.1. The number of aryl methyl sites for hydroxylation is 2. The molecule has 0 aliphatic rings. The number of rotatable bonds is 7. The highest BCUT2D eigenvalue weighted by Gasteiger charge is 2.19. The van der Waals surface area contributed by atoms with Gasteiger partial charge in [0.05, 0.1) is 5.69 Å². The first-order valence-electron chi connectivity index (χ1n) is 9.71. The molecular weight excluding hydrogens is 335 g/mol. The summed E-state index contributed by atoms with van der Waals surface area (Å²) in [5.74, 6) is 1.00. The second kappa shape index (κ2) is 9.88. The molecule has 0 aromatic heterocycles. The first kappa shape index (κ1) is 20.6. The van der Waals surface area contributed by atoms with Crippen LogP contribution in [0.1, 0.15) is 57.7 Å². The van der Waals surface area contributed by atoms with Gasteiger partial charge >= 0.3 is 0 Å². The van der Waals surface area contributed by atoms with Gasteiger partial charge in [-0.05, 0) is 44.4 Å². The molecule has 0 unspecified atom stereocenters. The van der Waals surface area contributed by atoms with Crippen LogP contribution in [0.15, 0.2) is 53.5 Å². The number of hydrogen-bond donors (Lipinski definition) is 1. The van der Waals surface area contributed by atoms with Crippen LogP contribution in [0.5, 0.6) is 0 Å². The van der Waals surface area contributed by atoms with Crippen molar-refractivity contribution in [3.63, 3.8) is 0 Å². The van der Waals surface area contributed by atoms with Crippen LogP contribution in [0.25, 0.3) is 0 Å². The zero-order chi connectivity index (χ0) is 19.1. The van der Waals surface area contributed by atoms with Gasteiger partial charge in [-0.15, -0.1) is 0 Å². The molecule has 0 heterocycles. The van der Waals surface area contributed by atoms with Crippen LogP contribution in [-0.2, 0) is 6.42 Å². The molecule has 26 heavy (non-hydrogen) atoms. The van der Waals surface area contributed by atoms with Gasteiger partial charge in [-0.25, -0.2) is 4.99 Å². The fraction of sp³-hybridized carbons (Fsp3) is 0.435. The lowest BCUT2D eigenvalue weighted by atomic mass is 10.1. The summed E-state index contributed by atoms with van der Waals surface area (Å²) in [6.07, 6.45) is 2.19. The van der Waals surface area contributed by atoms with E-state index in [-0.39, 0.29) is 8.07 Å². The van der Waals surface area contributed by atoms with Gasteiger partial charge in [0.1, 0.15) is 5.84 Å². The maximum Gasteiger partial charge on any atom is 0.137 e. The minimum atomic E-state index is -0.344. The molecule has 0 saturated carbocycles. The summed E-state index contributed by atoms with van der Waals surface area (Å²) < 4.78 is 0. The van der Waals surface area contributed by atoms with Crippen molar-refractivity contribution >= 4 is 19.6 Å². The summed E-state index contributed by atoms with van der Waals surface area (Å²) in [6.45, 7) is 13.6. The monoisotopic (exact) mass is 368 g/mol. The van der Waals surface area contributed by atoms with Gasteiger partial charge in [0.25, 0.3) is 0 Å². The van der Waals surface area contributed by atoms with E-state index >= 15 is 0 Å². The Morgan fingerprint density at radius 1 is 0.962 bits per heavy atom. The molecule has 1 N–H and O–H groups in total. The minimum absolute atomic E-state index is 0.344. The number of para-hydroxylation sites is 1. The third-order valence-electron chi connectivity index (χ3n) is 4.42. The Morgan fingerprint density at radius 2 is 1.58 bits per heavy atom. The molecule has 2 aromatic rings. The molecule has 3 heteroatoms. The molecule has 0 spiro atoms. The van der Waals surface area contributed by atoms with Crippen LogP contribution in [0.4, 0.5) is 5.69 Å². The molecule has 0 bridgehead atoms. The summed E-state index contributed by atoms with van der Waals surface area (Å²) in [5, 5.41) is 3.82. The molecule has 0 aliphatic carbocycles. The van der Waals surface area contributed by atoms with E-state index in [2.05, 4.69) is 95.2 Å². The zero-order valence-corrected chi connectivity index (χ0v) is 18.0. The smallest absolute Gasteiger partial charge is 0.137 e. The highest BCUT2D eigenvalue weighted by molar-refractivity contribution is 7.57. The number of amidine groups is 1. The number of nitrogens with zero attached hydrogens (tertiary/aromatic N) is 1. The summed E-state index contributed by atoms with van der Waals surface area (Å²) in [6, 6.07) is 17.2. The Bertz CT molecular complexity index is 709. The van der Waals surface area contributed by atoms with E-state index in [9.17, 15) is 0 Å². The fourth-order valence-corrected chi connectivity index (χ4v) is 5.20. The normalized spacial score (nSPS) is 12.3. The van der Waals surface area contributed by atoms with Crippen molar-refractivity contribution in [2.75, 3.05) is 0 Å². The molecule has 0 radical (unpaired) electrons. The highest BCUT2D eigenvalue weighted by Crippen LogP contribution is 2.42. The average Bonchev–Trinajstić information content (AvgIpc) is 2.60. The van der Waals surface area contributed by atoms with Crippen LogP contribution < -0.4 is 5.09 Å². The van der Waals surface area contributed by atoms with Crippen molar-refractivity contribution < 1.29 is 0 Å². The van der Waals surface area contributed by atoms with Gasteiger partial charge in [0.15, 0.2) is 0 Å². The first-order valence-corrected chi connectivity index (χ1v) is 11.2. The molecule has 2 nitrogen and oxygen atoms in total. The van der Waals surface area contributed by atoms with Crippen molar-refractivity contribution in [1.82, 2.24) is 5.09 Å². The van der Waals surface area contributed by atoms with Crippen molar-refractivity contribution in [3.05, 3.63) is 65.2 Å². The standard InChI is InChI=1S/C23H33N2P/c1-7-10-20-11-8-9-12-22(20)24-23(21-15-13-19(6)14-16-21)25-26(17(2)3)18(4)5/h8-9,11-18H,7,10H2,1-6H3,(H,24,25). The Kier molecular flexibility index (Phi) is 7.85. The van der Waals surface area contributed by atoms with Gasteiger partial charge in [0, 0.05) is 5.56 Å². The predicted molar refractivity (Wildman–Crippen MR) is 118 cm³/mol. The van der Waals surface area contributed by atoms with E-state index in [1.54, 1.807) is 0 Å². The summed E-state index contributed by atoms with van der Waals surface area (Å²) in [5.41, 5.74) is 6.04. The minimum Gasteiger partial charge on any atom is -0.348 e. The quantitative estimate of drug-likeness (QED) is 0.323. The Hall–Kier alpha value is -1.66. The number of benzene rings is 2. The summed E-state index contributed by atoms with van der Waals surface area (Å²) in [4.78, 5) is 5.10. The average molecular weight is 369 g/mol. The van der Waals surface area contributed by atoms with Gasteiger partial charge in [-0.3, -0.25) is 0 Å². The maximum absolute atomic E-state index is 5.10. The SMILES string of the molecule is CCCc1ccccc1N=C(NP(C(C)C)C(C)C)c1ccc(C)cc1. The molecule has 0 amide bonds. The van der Waals surface area contributed by atoms with Gasteiger partial charge in [-0.1, -0.05) is 89.1 Å². The molecule has 2 aromatic carbocycles. The Labute approximate surface area is 161 Å². The van der Waals surface area contributed by atoms with E-state index in [1.807, 2.05) is 0 Å². The van der Waals surface area contributed by atoms with Gasteiger partial charge < -0.3 is 5.09 Å². The van der Waals surface area contributed by atoms with Crippen molar-refractivity contribution in [1.29, 1.82) is 0 Å². The molecule has 140 valence electrons. The third-order valence-corrected chi connectivity index (χ3v) is 7.11. The van der Waals surface area contributed by atoms with Crippen LogP contribution in [0.2, 0.25) is 0 Å². The zero-order valence-electron chi connectivity index (χ0n) is 17.1. The molecule has 0 aliphatic heterocycles. The fourth-order valence-electron chi connectivity index (χ4n) is 3.06. The first-order chi connectivity index (χ1) is 12.4. The van der Waals surface area contributed by atoms with Crippen LogP contribution in [0.3, 0.4) is 0 Å². The Balaban J connectivity index is 2.48. The lowest BCUT2D eigenvalue weighted by Crippen LogP contribution is -2.26. The number of hydrogen-bond acceptors (Lipinski definition) is 1. The molecule has 0 fully saturated rings. The van der Waals surface area contributed by atoms with Crippen molar-refractivity contribution in [2.24, 2.45) is 4.99 Å². The third kappa shape index (κ3) is 5.68. The van der Waals surface area contributed by atoms with E-state index in [0.717, 1.165) is 29.9 Å². The van der Waals surface area contributed by atoms with E-state index in [0.29, 0.717) is 11.3 Å². The maximum atomic E-state index is 5.10. The largest absolute Gasteiger partial charge is 0.348 e. The molecule has 2 rings (SSSR count). The predicted octanol–water partition coefficient (Wildman–Crippen LogP) is 6.83. The van der Waals surface area contributed by atoms with Crippen molar-refractivity contribution in [2.45, 2.75) is 65.7 Å². The van der Waals surface area contributed by atoms with Gasteiger partial charge in [-0.2, -0.15) is 0 Å². The van der Waals surface area contributed by atoms with E-state index in [1.165, 1.54) is 11.1 Å². The van der Waals surface area contributed by atoms with E-state index in [4.69, 9.17) is 4.99 Å². The summed E-state index contributed by atoms with van der Waals surface area (Å²) >= 11 is 0. The lowest BCUT2D eigenvalue weighted by molar-refractivity contribution is 0.921. The van der Waals surface area contributed by atoms with Gasteiger partial charge in [0.2, 0.25) is 0 Å². The van der Waals surface area contributed by atoms with Crippen molar-refractivity contribution in [3.8, 4) is 0 Å². The van der Waals surface area contributed by atoms with Crippen LogP contribution in [-0.4, -0.2) is 17.2 Å². The van der Waals surface area contributed by atoms with Crippen LogP contribution in [0, 0.1) is 6.92 Å². The number of nitrogens with one attached hydrogen (secondary N) is 1. The molecule has 0 saturated heterocycles. The van der Waals surface area contributed by atoms with Crippen LogP contribution >= 0.6 is 8.07 Å².